The third-order valence-corrected chi connectivity index (χ3v) is 7.27. The second kappa shape index (κ2) is 7.13. The molecule has 4 nitrogen and oxygen atoms in total. The molecular formula is C28H28O4. The fourth-order valence-electron chi connectivity index (χ4n) is 6.13. The van der Waals surface area contributed by atoms with Gasteiger partial charge in [0.25, 0.3) is 0 Å². The van der Waals surface area contributed by atoms with Crippen LogP contribution in [0.5, 0.6) is 11.5 Å². The lowest BCUT2D eigenvalue weighted by molar-refractivity contribution is -0.144. The summed E-state index contributed by atoms with van der Waals surface area (Å²) in [5, 5.41) is 0. The van der Waals surface area contributed by atoms with Gasteiger partial charge >= 0.3 is 5.97 Å². The molecule has 164 valence electrons. The van der Waals surface area contributed by atoms with Crippen LogP contribution in [0.3, 0.4) is 0 Å². The van der Waals surface area contributed by atoms with Crippen LogP contribution in [0.15, 0.2) is 60.7 Å². The third kappa shape index (κ3) is 2.46. The molecular weight excluding hydrogens is 400 g/mol. The van der Waals surface area contributed by atoms with Crippen molar-refractivity contribution < 1.29 is 19.0 Å². The van der Waals surface area contributed by atoms with Crippen LogP contribution in [0, 0.1) is 5.41 Å². The summed E-state index contributed by atoms with van der Waals surface area (Å²) in [6.07, 6.45) is 0. The van der Waals surface area contributed by atoms with Crippen LogP contribution in [0.1, 0.15) is 60.1 Å². The van der Waals surface area contributed by atoms with Gasteiger partial charge in [-0.25, -0.2) is 0 Å². The van der Waals surface area contributed by atoms with Gasteiger partial charge in [-0.05, 0) is 34.4 Å². The van der Waals surface area contributed by atoms with Gasteiger partial charge in [0, 0.05) is 29.4 Å². The van der Waals surface area contributed by atoms with E-state index in [9.17, 15) is 4.79 Å². The van der Waals surface area contributed by atoms with Crippen molar-refractivity contribution in [2.45, 2.75) is 32.1 Å². The van der Waals surface area contributed by atoms with Gasteiger partial charge in [-0.1, -0.05) is 62.4 Å². The molecule has 3 aromatic carbocycles. The highest BCUT2D eigenvalue weighted by Gasteiger charge is 2.61. The van der Waals surface area contributed by atoms with Crippen LogP contribution in [0.2, 0.25) is 0 Å². The molecule has 3 aliphatic rings. The van der Waals surface area contributed by atoms with Crippen molar-refractivity contribution in [2.75, 3.05) is 20.8 Å². The van der Waals surface area contributed by atoms with Gasteiger partial charge in [-0.2, -0.15) is 0 Å². The van der Waals surface area contributed by atoms with Crippen LogP contribution in [0.4, 0.5) is 0 Å². The standard InChI is InChI=1S/C28H28O4/c1-17(29)32-16-27(2,3)28-20-12-8-6-10-18(20)24(19-11-7-9-13-21(19)28)25-22(30-4)14-15-23(31-5)26(25)28/h6-15,24H,16H2,1-5H3. The van der Waals surface area contributed by atoms with Gasteiger partial charge in [0.15, 0.2) is 0 Å². The Morgan fingerprint density at radius 2 is 1.41 bits per heavy atom. The van der Waals surface area contributed by atoms with E-state index in [1.807, 2.05) is 12.1 Å². The average Bonchev–Trinajstić information content (AvgIpc) is 2.81. The first-order valence-electron chi connectivity index (χ1n) is 11.0. The molecule has 0 saturated carbocycles. The van der Waals surface area contributed by atoms with E-state index in [-0.39, 0.29) is 18.5 Å². The number of carbonyl (C=O) groups excluding carboxylic acids is 1. The summed E-state index contributed by atoms with van der Waals surface area (Å²) in [6, 6.07) is 21.2. The molecule has 0 unspecified atom stereocenters. The highest BCUT2D eigenvalue weighted by Crippen LogP contribution is 2.68. The Hall–Kier alpha value is -3.27. The molecule has 3 aromatic rings. The molecule has 0 aliphatic heterocycles. The normalized spacial score (nSPS) is 20.1. The van der Waals surface area contributed by atoms with E-state index in [1.165, 1.54) is 29.2 Å². The van der Waals surface area contributed by atoms with Crippen LogP contribution >= 0.6 is 0 Å². The SMILES string of the molecule is COc1ccc(OC)c2c1C1c3ccccc3C2(C(C)(C)COC(C)=O)c2ccccc21. The van der Waals surface area contributed by atoms with E-state index in [2.05, 4.69) is 62.4 Å². The zero-order chi connectivity index (χ0) is 22.7. The number of benzene rings is 3. The highest BCUT2D eigenvalue weighted by atomic mass is 16.5. The number of ether oxygens (including phenoxy) is 3. The van der Waals surface area contributed by atoms with Crippen LogP contribution in [0.25, 0.3) is 0 Å². The molecule has 32 heavy (non-hydrogen) atoms. The molecule has 0 atom stereocenters. The van der Waals surface area contributed by atoms with Gasteiger partial charge in [0.1, 0.15) is 11.5 Å². The van der Waals surface area contributed by atoms with E-state index in [1.54, 1.807) is 14.2 Å². The number of carbonyl (C=O) groups is 1. The number of esters is 1. The summed E-state index contributed by atoms with van der Waals surface area (Å²) in [6.45, 7) is 6.09. The maximum atomic E-state index is 11.9. The first kappa shape index (κ1) is 20.6. The lowest BCUT2D eigenvalue weighted by atomic mass is 9.45. The Bertz CT molecular complexity index is 1180. The second-order valence-electron chi connectivity index (χ2n) is 9.28. The topological polar surface area (TPSA) is 44.8 Å². The summed E-state index contributed by atoms with van der Waals surface area (Å²) in [5.74, 6) is 1.44. The highest BCUT2D eigenvalue weighted by molar-refractivity contribution is 5.77. The van der Waals surface area contributed by atoms with Gasteiger partial charge in [-0.15, -0.1) is 0 Å². The minimum atomic E-state index is -0.584. The molecule has 0 heterocycles. The third-order valence-electron chi connectivity index (χ3n) is 7.27. The Labute approximate surface area is 189 Å². The molecule has 0 fully saturated rings. The first-order valence-corrected chi connectivity index (χ1v) is 11.0. The van der Waals surface area contributed by atoms with Crippen molar-refractivity contribution in [2.24, 2.45) is 5.41 Å². The molecule has 4 heteroatoms. The minimum Gasteiger partial charge on any atom is -0.496 e. The molecule has 3 aliphatic carbocycles. The maximum absolute atomic E-state index is 11.9. The zero-order valence-electron chi connectivity index (χ0n) is 19.2. The molecule has 0 N–H and O–H groups in total. The van der Waals surface area contributed by atoms with Gasteiger partial charge in [-0.3, -0.25) is 4.79 Å². The van der Waals surface area contributed by atoms with Crippen molar-refractivity contribution in [3.05, 3.63) is 94.0 Å². The van der Waals surface area contributed by atoms with E-state index in [4.69, 9.17) is 14.2 Å². The Balaban J connectivity index is 1.98. The molecule has 0 saturated heterocycles. The summed E-state index contributed by atoms with van der Waals surface area (Å²) >= 11 is 0. The minimum absolute atomic E-state index is 0.0499. The summed E-state index contributed by atoms with van der Waals surface area (Å²) in [4.78, 5) is 11.9. The van der Waals surface area contributed by atoms with Crippen molar-refractivity contribution in [3.63, 3.8) is 0 Å². The van der Waals surface area contributed by atoms with Crippen LogP contribution < -0.4 is 9.47 Å². The number of hydrogen-bond acceptors (Lipinski definition) is 4. The van der Waals surface area contributed by atoms with Crippen LogP contribution in [-0.2, 0) is 14.9 Å². The molecule has 0 amide bonds. The monoisotopic (exact) mass is 428 g/mol. The lowest BCUT2D eigenvalue weighted by Crippen LogP contribution is -2.53. The fourth-order valence-corrected chi connectivity index (χ4v) is 6.13. The summed E-state index contributed by atoms with van der Waals surface area (Å²) in [5.41, 5.74) is 6.19. The number of methoxy groups -OCH3 is 2. The first-order chi connectivity index (χ1) is 15.4. The van der Waals surface area contributed by atoms with Crippen LogP contribution in [-0.4, -0.2) is 26.8 Å². The quantitative estimate of drug-likeness (QED) is 0.508. The van der Waals surface area contributed by atoms with Gasteiger partial charge in [0.2, 0.25) is 0 Å². The lowest BCUT2D eigenvalue weighted by Gasteiger charge is -2.57. The van der Waals surface area contributed by atoms with E-state index >= 15 is 0 Å². The number of hydrogen-bond donors (Lipinski definition) is 0. The van der Waals surface area contributed by atoms with Crippen molar-refractivity contribution in [1.82, 2.24) is 0 Å². The maximum Gasteiger partial charge on any atom is 0.302 e. The smallest absolute Gasteiger partial charge is 0.302 e. The summed E-state index contributed by atoms with van der Waals surface area (Å²) in [7, 11) is 3.44. The average molecular weight is 429 g/mol. The van der Waals surface area contributed by atoms with Gasteiger partial charge in [0.05, 0.1) is 26.2 Å². The van der Waals surface area contributed by atoms with E-state index in [0.29, 0.717) is 0 Å². The van der Waals surface area contributed by atoms with Gasteiger partial charge < -0.3 is 14.2 Å². The second-order valence-corrected chi connectivity index (χ2v) is 9.28. The largest absolute Gasteiger partial charge is 0.496 e. The fraction of sp³-hybridized carbons (Fsp3) is 0.321. The Morgan fingerprint density at radius 1 is 0.875 bits per heavy atom. The summed E-state index contributed by atoms with van der Waals surface area (Å²) < 4.78 is 17.6. The molecule has 0 aromatic heterocycles. The molecule has 0 radical (unpaired) electrons. The molecule has 6 rings (SSSR count). The predicted molar refractivity (Wildman–Crippen MR) is 124 cm³/mol. The van der Waals surface area contributed by atoms with Crippen molar-refractivity contribution >= 4 is 5.97 Å². The van der Waals surface area contributed by atoms with E-state index in [0.717, 1.165) is 22.6 Å². The zero-order valence-corrected chi connectivity index (χ0v) is 19.2. The number of rotatable bonds is 5. The van der Waals surface area contributed by atoms with Crippen molar-refractivity contribution in [1.29, 1.82) is 0 Å². The molecule has 2 bridgehead atoms. The van der Waals surface area contributed by atoms with E-state index < -0.39 is 10.8 Å². The van der Waals surface area contributed by atoms with Crippen molar-refractivity contribution in [3.8, 4) is 11.5 Å². The Morgan fingerprint density at radius 3 is 1.94 bits per heavy atom. The Kier molecular flexibility index (Phi) is 4.59. The predicted octanol–water partition coefficient (Wildman–Crippen LogP) is 5.43. The molecule has 0 spiro atoms.